The number of halogens is 1. The fourth-order valence-electron chi connectivity index (χ4n) is 3.21. The molecule has 0 radical (unpaired) electrons. The average Bonchev–Trinajstić information content (AvgIpc) is 2.93. The van der Waals surface area contributed by atoms with Crippen molar-refractivity contribution in [2.24, 2.45) is 11.7 Å². The van der Waals surface area contributed by atoms with E-state index in [1.54, 1.807) is 0 Å². The first-order valence-electron chi connectivity index (χ1n) is 7.44. The second-order valence-electron chi connectivity index (χ2n) is 5.93. The molecular weight excluding hydrogens is 300 g/mol. The zero-order chi connectivity index (χ0) is 14.7. The van der Waals surface area contributed by atoms with Gasteiger partial charge in [0.05, 0.1) is 0 Å². The third-order valence-corrected chi connectivity index (χ3v) is 5.33. The summed E-state index contributed by atoms with van der Waals surface area (Å²) in [5, 5.41) is 3.01. The van der Waals surface area contributed by atoms with Gasteiger partial charge in [0.25, 0.3) is 0 Å². The molecule has 2 nitrogen and oxygen atoms in total. The maximum atomic E-state index is 6.28. The molecule has 2 atom stereocenters. The minimum absolute atomic E-state index is 0.270. The van der Waals surface area contributed by atoms with E-state index in [1.807, 2.05) is 29.5 Å². The van der Waals surface area contributed by atoms with Crippen molar-refractivity contribution in [3.05, 3.63) is 57.2 Å². The van der Waals surface area contributed by atoms with Gasteiger partial charge < -0.3 is 5.73 Å². The Bertz CT molecular complexity index is 570. The van der Waals surface area contributed by atoms with Crippen LogP contribution in [-0.2, 0) is 13.0 Å². The fourth-order valence-corrected chi connectivity index (χ4v) is 4.22. The average molecular weight is 321 g/mol. The highest BCUT2D eigenvalue weighted by molar-refractivity contribution is 7.09. The molecule has 0 amide bonds. The van der Waals surface area contributed by atoms with E-state index >= 15 is 0 Å². The maximum Gasteiger partial charge on any atom is 0.0451 e. The van der Waals surface area contributed by atoms with Crippen LogP contribution in [0.15, 0.2) is 41.8 Å². The van der Waals surface area contributed by atoms with Crippen molar-refractivity contribution in [1.29, 1.82) is 0 Å². The summed E-state index contributed by atoms with van der Waals surface area (Å²) in [6, 6.07) is 12.7. The van der Waals surface area contributed by atoms with Crippen LogP contribution in [0.5, 0.6) is 0 Å². The maximum absolute atomic E-state index is 6.28. The molecule has 112 valence electrons. The Kier molecular flexibility index (Phi) is 4.96. The van der Waals surface area contributed by atoms with Gasteiger partial charge >= 0.3 is 0 Å². The Morgan fingerprint density at radius 2 is 2.05 bits per heavy atom. The van der Waals surface area contributed by atoms with Gasteiger partial charge in [-0.3, -0.25) is 4.90 Å². The Labute approximate surface area is 135 Å². The Balaban J connectivity index is 1.64. The number of thiophene rings is 1. The highest BCUT2D eigenvalue weighted by Crippen LogP contribution is 2.25. The van der Waals surface area contributed by atoms with Gasteiger partial charge in [0.15, 0.2) is 0 Å². The molecular formula is C17H21ClN2S. The SMILES string of the molecule is NC1CC(Cc2cccs2)CN(Cc2ccccc2Cl)C1. The lowest BCUT2D eigenvalue weighted by atomic mass is 9.91. The summed E-state index contributed by atoms with van der Waals surface area (Å²) in [5.41, 5.74) is 7.46. The van der Waals surface area contributed by atoms with E-state index in [4.69, 9.17) is 17.3 Å². The molecule has 21 heavy (non-hydrogen) atoms. The van der Waals surface area contributed by atoms with Gasteiger partial charge in [-0.05, 0) is 41.8 Å². The number of rotatable bonds is 4. The zero-order valence-corrected chi connectivity index (χ0v) is 13.6. The summed E-state index contributed by atoms with van der Waals surface area (Å²) in [6.07, 6.45) is 2.27. The zero-order valence-electron chi connectivity index (χ0n) is 12.0. The molecule has 1 saturated heterocycles. The van der Waals surface area contributed by atoms with Crippen LogP contribution in [0.3, 0.4) is 0 Å². The molecule has 1 aromatic heterocycles. The smallest absolute Gasteiger partial charge is 0.0451 e. The topological polar surface area (TPSA) is 29.3 Å². The van der Waals surface area contributed by atoms with Gasteiger partial charge in [-0.25, -0.2) is 0 Å². The molecule has 1 aromatic carbocycles. The van der Waals surface area contributed by atoms with E-state index in [9.17, 15) is 0 Å². The Morgan fingerprint density at radius 1 is 1.19 bits per heavy atom. The molecule has 1 aliphatic rings. The molecule has 1 aliphatic heterocycles. The number of nitrogens with zero attached hydrogens (tertiary/aromatic N) is 1. The van der Waals surface area contributed by atoms with Gasteiger partial charge in [-0.2, -0.15) is 0 Å². The quantitative estimate of drug-likeness (QED) is 0.928. The molecule has 1 fully saturated rings. The van der Waals surface area contributed by atoms with Crippen LogP contribution in [0.4, 0.5) is 0 Å². The molecule has 0 spiro atoms. The molecule has 2 aromatic rings. The minimum Gasteiger partial charge on any atom is -0.327 e. The van der Waals surface area contributed by atoms with Crippen molar-refractivity contribution in [2.75, 3.05) is 13.1 Å². The van der Waals surface area contributed by atoms with Crippen molar-refractivity contribution in [1.82, 2.24) is 4.90 Å². The van der Waals surface area contributed by atoms with Crippen LogP contribution in [-0.4, -0.2) is 24.0 Å². The van der Waals surface area contributed by atoms with Crippen LogP contribution in [0, 0.1) is 5.92 Å². The molecule has 0 saturated carbocycles. The van der Waals surface area contributed by atoms with Crippen molar-refractivity contribution >= 4 is 22.9 Å². The van der Waals surface area contributed by atoms with Crippen LogP contribution in [0.2, 0.25) is 5.02 Å². The second-order valence-corrected chi connectivity index (χ2v) is 7.37. The first kappa shape index (κ1) is 15.0. The highest BCUT2D eigenvalue weighted by Gasteiger charge is 2.25. The minimum atomic E-state index is 0.270. The lowest BCUT2D eigenvalue weighted by Gasteiger charge is -2.36. The number of hydrogen-bond acceptors (Lipinski definition) is 3. The summed E-state index contributed by atoms with van der Waals surface area (Å²) in [6.45, 7) is 2.97. The number of hydrogen-bond donors (Lipinski definition) is 1. The van der Waals surface area contributed by atoms with Crippen LogP contribution >= 0.6 is 22.9 Å². The van der Waals surface area contributed by atoms with Crippen LogP contribution in [0.1, 0.15) is 16.9 Å². The summed E-state index contributed by atoms with van der Waals surface area (Å²) >= 11 is 8.12. The lowest BCUT2D eigenvalue weighted by Crippen LogP contribution is -2.47. The molecule has 2 unspecified atom stereocenters. The van der Waals surface area contributed by atoms with Crippen molar-refractivity contribution in [3.63, 3.8) is 0 Å². The van der Waals surface area contributed by atoms with Crippen molar-refractivity contribution < 1.29 is 0 Å². The van der Waals surface area contributed by atoms with Crippen molar-refractivity contribution in [2.45, 2.75) is 25.4 Å². The lowest BCUT2D eigenvalue weighted by molar-refractivity contribution is 0.150. The fraction of sp³-hybridized carbons (Fsp3) is 0.412. The second kappa shape index (κ2) is 6.93. The number of piperidine rings is 1. The molecule has 0 bridgehead atoms. The summed E-state index contributed by atoms with van der Waals surface area (Å²) in [4.78, 5) is 3.92. The van der Waals surface area contributed by atoms with Crippen molar-refractivity contribution in [3.8, 4) is 0 Å². The predicted molar refractivity (Wildman–Crippen MR) is 90.8 cm³/mol. The highest BCUT2D eigenvalue weighted by atomic mass is 35.5. The van der Waals surface area contributed by atoms with Gasteiger partial charge in [0.1, 0.15) is 0 Å². The summed E-state index contributed by atoms with van der Waals surface area (Å²) < 4.78 is 0. The molecule has 2 heterocycles. The standard InChI is InChI=1S/C17H21ClN2S/c18-17-6-2-1-4-14(17)11-20-10-13(8-15(19)12-20)9-16-5-3-7-21-16/h1-7,13,15H,8-12,19H2. The molecule has 3 rings (SSSR count). The van der Waals surface area contributed by atoms with E-state index in [2.05, 4.69) is 28.5 Å². The molecule has 0 aliphatic carbocycles. The predicted octanol–water partition coefficient (Wildman–Crippen LogP) is 3.79. The van der Waals surface area contributed by atoms with Gasteiger partial charge in [0, 0.05) is 35.6 Å². The first-order valence-corrected chi connectivity index (χ1v) is 8.70. The van der Waals surface area contributed by atoms with E-state index < -0.39 is 0 Å². The summed E-state index contributed by atoms with van der Waals surface area (Å²) in [7, 11) is 0. The number of likely N-dealkylation sites (tertiary alicyclic amines) is 1. The number of benzene rings is 1. The normalized spacial score (nSPS) is 23.3. The van der Waals surface area contributed by atoms with Gasteiger partial charge in [0.2, 0.25) is 0 Å². The summed E-state index contributed by atoms with van der Waals surface area (Å²) in [5.74, 6) is 0.648. The van der Waals surface area contributed by atoms with Gasteiger partial charge in [-0.1, -0.05) is 35.9 Å². The van der Waals surface area contributed by atoms with E-state index in [-0.39, 0.29) is 6.04 Å². The van der Waals surface area contributed by atoms with Crippen LogP contribution < -0.4 is 5.73 Å². The monoisotopic (exact) mass is 320 g/mol. The number of nitrogens with two attached hydrogens (primary N) is 1. The Morgan fingerprint density at radius 3 is 2.81 bits per heavy atom. The third kappa shape index (κ3) is 4.07. The van der Waals surface area contributed by atoms with E-state index in [0.29, 0.717) is 5.92 Å². The Hall–Kier alpha value is -0.870. The van der Waals surface area contributed by atoms with E-state index in [0.717, 1.165) is 37.5 Å². The van der Waals surface area contributed by atoms with E-state index in [1.165, 1.54) is 10.4 Å². The largest absolute Gasteiger partial charge is 0.327 e. The molecule has 2 N–H and O–H groups in total. The van der Waals surface area contributed by atoms with Gasteiger partial charge in [-0.15, -0.1) is 11.3 Å². The van der Waals surface area contributed by atoms with Crippen LogP contribution in [0.25, 0.3) is 0 Å². The first-order chi connectivity index (χ1) is 10.2. The molecule has 4 heteroatoms. The third-order valence-electron chi connectivity index (χ3n) is 4.07.